The highest BCUT2D eigenvalue weighted by molar-refractivity contribution is 14.0. The molecule has 0 fully saturated rings. The van der Waals surface area contributed by atoms with Crippen molar-refractivity contribution in [2.45, 2.75) is 26.8 Å². The maximum Gasteiger partial charge on any atom is 0.191 e. The molecule has 126 valence electrons. The van der Waals surface area contributed by atoms with E-state index in [1.165, 1.54) is 4.88 Å². The number of guanidine groups is 1. The van der Waals surface area contributed by atoms with E-state index >= 15 is 0 Å². The molecule has 0 spiro atoms. The molecule has 2 rings (SSSR count). The second-order valence-electron chi connectivity index (χ2n) is 5.05. The third-order valence-corrected chi connectivity index (χ3v) is 4.19. The molecule has 2 aromatic rings. The summed E-state index contributed by atoms with van der Waals surface area (Å²) in [4.78, 5) is 9.71. The van der Waals surface area contributed by atoms with Gasteiger partial charge in [0.2, 0.25) is 0 Å². The van der Waals surface area contributed by atoms with Crippen LogP contribution in [0, 0.1) is 19.7 Å². The van der Waals surface area contributed by atoms with Gasteiger partial charge in [-0.15, -0.1) is 35.3 Å². The molecule has 0 atom stereocenters. The van der Waals surface area contributed by atoms with Gasteiger partial charge in [0.1, 0.15) is 5.82 Å². The molecule has 0 unspecified atom stereocenters. The van der Waals surface area contributed by atoms with E-state index in [2.05, 4.69) is 27.5 Å². The monoisotopic (exact) mass is 448 g/mol. The Kier molecular flexibility index (Phi) is 8.46. The third-order valence-electron chi connectivity index (χ3n) is 3.22. The van der Waals surface area contributed by atoms with Gasteiger partial charge in [-0.05, 0) is 31.0 Å². The standard InChI is InChI=1S/C16H21FN4S.HI/c1-11-4-5-13(8-14(11)17)10-21-16(18-3)19-7-6-15-20-9-12(2)22-15;/h4-5,8-9H,6-7,10H2,1-3H3,(H2,18,19,21);1H. The summed E-state index contributed by atoms with van der Waals surface area (Å²) in [6.45, 7) is 5.10. The van der Waals surface area contributed by atoms with Crippen LogP contribution in [0.1, 0.15) is 21.0 Å². The first-order chi connectivity index (χ1) is 10.6. The van der Waals surface area contributed by atoms with Crippen LogP contribution in [-0.4, -0.2) is 24.5 Å². The molecule has 1 aromatic carbocycles. The van der Waals surface area contributed by atoms with E-state index in [1.54, 1.807) is 37.4 Å². The Morgan fingerprint density at radius 3 is 2.70 bits per heavy atom. The fraction of sp³-hybridized carbons (Fsp3) is 0.375. The van der Waals surface area contributed by atoms with Gasteiger partial charge in [0.15, 0.2) is 5.96 Å². The zero-order valence-electron chi connectivity index (χ0n) is 13.5. The quantitative estimate of drug-likeness (QED) is 0.419. The molecule has 0 amide bonds. The van der Waals surface area contributed by atoms with Crippen molar-refractivity contribution in [2.24, 2.45) is 4.99 Å². The van der Waals surface area contributed by atoms with Gasteiger partial charge in [-0.25, -0.2) is 9.37 Å². The van der Waals surface area contributed by atoms with Crippen molar-refractivity contribution in [2.75, 3.05) is 13.6 Å². The highest BCUT2D eigenvalue weighted by atomic mass is 127. The molecule has 0 bridgehead atoms. The highest BCUT2D eigenvalue weighted by Gasteiger charge is 2.03. The minimum atomic E-state index is -0.179. The van der Waals surface area contributed by atoms with Gasteiger partial charge in [-0.2, -0.15) is 0 Å². The number of nitrogens with one attached hydrogen (secondary N) is 2. The average Bonchev–Trinajstić information content (AvgIpc) is 2.91. The minimum Gasteiger partial charge on any atom is -0.356 e. The van der Waals surface area contributed by atoms with E-state index in [9.17, 15) is 4.39 Å². The Morgan fingerprint density at radius 1 is 1.30 bits per heavy atom. The lowest BCUT2D eigenvalue weighted by Crippen LogP contribution is -2.37. The van der Waals surface area contributed by atoms with E-state index in [0.29, 0.717) is 18.1 Å². The van der Waals surface area contributed by atoms with Crippen LogP contribution in [0.3, 0.4) is 0 Å². The average molecular weight is 448 g/mol. The van der Waals surface area contributed by atoms with Crippen LogP contribution in [0.25, 0.3) is 0 Å². The molecule has 0 aliphatic heterocycles. The van der Waals surface area contributed by atoms with Crippen LogP contribution in [0.4, 0.5) is 4.39 Å². The van der Waals surface area contributed by atoms with E-state index in [1.807, 2.05) is 12.3 Å². The summed E-state index contributed by atoms with van der Waals surface area (Å²) in [6, 6.07) is 5.25. The van der Waals surface area contributed by atoms with E-state index in [0.717, 1.165) is 23.5 Å². The molecule has 0 radical (unpaired) electrons. The lowest BCUT2D eigenvalue weighted by Gasteiger charge is -2.11. The van der Waals surface area contributed by atoms with Crippen molar-refractivity contribution in [3.8, 4) is 0 Å². The van der Waals surface area contributed by atoms with Crippen LogP contribution in [-0.2, 0) is 13.0 Å². The first kappa shape index (κ1) is 19.8. The maximum absolute atomic E-state index is 13.5. The lowest BCUT2D eigenvalue weighted by atomic mass is 10.1. The normalized spacial score (nSPS) is 11.0. The predicted molar refractivity (Wildman–Crippen MR) is 105 cm³/mol. The number of aromatic nitrogens is 1. The van der Waals surface area contributed by atoms with Gasteiger partial charge in [-0.3, -0.25) is 4.99 Å². The predicted octanol–water partition coefficient (Wildman–Crippen LogP) is 3.42. The van der Waals surface area contributed by atoms with Crippen LogP contribution in [0.2, 0.25) is 0 Å². The lowest BCUT2D eigenvalue weighted by molar-refractivity contribution is 0.615. The zero-order valence-corrected chi connectivity index (χ0v) is 16.7. The minimum absolute atomic E-state index is 0. The van der Waals surface area contributed by atoms with Gasteiger partial charge in [0.25, 0.3) is 0 Å². The summed E-state index contributed by atoms with van der Waals surface area (Å²) < 4.78 is 13.5. The van der Waals surface area contributed by atoms with Gasteiger partial charge >= 0.3 is 0 Å². The molecule has 4 nitrogen and oxygen atoms in total. The Morgan fingerprint density at radius 2 is 2.09 bits per heavy atom. The van der Waals surface area contributed by atoms with Crippen LogP contribution in [0.5, 0.6) is 0 Å². The molecule has 7 heteroatoms. The summed E-state index contributed by atoms with van der Waals surface area (Å²) in [5.74, 6) is 0.524. The van der Waals surface area contributed by atoms with Crippen molar-refractivity contribution >= 4 is 41.3 Å². The Hall–Kier alpha value is -1.22. The van der Waals surface area contributed by atoms with Crippen molar-refractivity contribution in [3.05, 3.63) is 51.2 Å². The number of halogens is 2. The highest BCUT2D eigenvalue weighted by Crippen LogP contribution is 2.11. The summed E-state index contributed by atoms with van der Waals surface area (Å²) in [6.07, 6.45) is 2.75. The van der Waals surface area contributed by atoms with Crippen molar-refractivity contribution < 1.29 is 4.39 Å². The van der Waals surface area contributed by atoms with Gasteiger partial charge in [0.05, 0.1) is 5.01 Å². The number of hydrogen-bond donors (Lipinski definition) is 2. The van der Waals surface area contributed by atoms with Crippen LogP contribution >= 0.6 is 35.3 Å². The summed E-state index contributed by atoms with van der Waals surface area (Å²) >= 11 is 1.71. The van der Waals surface area contributed by atoms with Gasteiger partial charge < -0.3 is 10.6 Å². The molecule has 1 heterocycles. The van der Waals surface area contributed by atoms with Gasteiger partial charge in [0, 0.05) is 37.6 Å². The van der Waals surface area contributed by atoms with Crippen LogP contribution in [0.15, 0.2) is 29.4 Å². The molecule has 0 saturated carbocycles. The van der Waals surface area contributed by atoms with Crippen molar-refractivity contribution in [1.29, 1.82) is 0 Å². The zero-order chi connectivity index (χ0) is 15.9. The number of aryl methyl sites for hydroxylation is 2. The Bertz CT molecular complexity index is 657. The molecule has 0 aliphatic rings. The molecule has 0 aliphatic carbocycles. The number of rotatable bonds is 5. The van der Waals surface area contributed by atoms with E-state index in [-0.39, 0.29) is 29.8 Å². The second-order valence-corrected chi connectivity index (χ2v) is 6.37. The van der Waals surface area contributed by atoms with E-state index < -0.39 is 0 Å². The third kappa shape index (κ3) is 6.42. The topological polar surface area (TPSA) is 49.3 Å². The number of nitrogens with zero attached hydrogens (tertiary/aromatic N) is 2. The molecule has 2 N–H and O–H groups in total. The van der Waals surface area contributed by atoms with Crippen molar-refractivity contribution in [1.82, 2.24) is 15.6 Å². The molecule has 1 aromatic heterocycles. The molecular formula is C16H22FIN4S. The molecular weight excluding hydrogens is 426 g/mol. The largest absolute Gasteiger partial charge is 0.356 e. The first-order valence-electron chi connectivity index (χ1n) is 7.19. The van der Waals surface area contributed by atoms with Crippen molar-refractivity contribution in [3.63, 3.8) is 0 Å². The summed E-state index contributed by atoms with van der Waals surface area (Å²) in [7, 11) is 1.72. The van der Waals surface area contributed by atoms with E-state index in [4.69, 9.17) is 0 Å². The number of thiazole rings is 1. The second kappa shape index (κ2) is 9.82. The van der Waals surface area contributed by atoms with Crippen LogP contribution < -0.4 is 10.6 Å². The first-order valence-corrected chi connectivity index (χ1v) is 8.01. The number of aliphatic imine (C=N–C) groups is 1. The number of benzene rings is 1. The Balaban J connectivity index is 0.00000264. The maximum atomic E-state index is 13.5. The van der Waals surface area contributed by atoms with Gasteiger partial charge in [-0.1, -0.05) is 12.1 Å². The molecule has 0 saturated heterocycles. The SMILES string of the molecule is CN=C(NCCc1ncc(C)s1)NCc1ccc(C)c(F)c1.I. The molecule has 23 heavy (non-hydrogen) atoms. The summed E-state index contributed by atoms with van der Waals surface area (Å²) in [5.41, 5.74) is 1.55. The fourth-order valence-electron chi connectivity index (χ4n) is 1.96. The fourth-order valence-corrected chi connectivity index (χ4v) is 2.74. The summed E-state index contributed by atoms with van der Waals surface area (Å²) in [5, 5.41) is 7.53. The Labute approximate surface area is 157 Å². The smallest absolute Gasteiger partial charge is 0.191 e. The number of hydrogen-bond acceptors (Lipinski definition) is 3.